The van der Waals surface area contributed by atoms with Crippen LogP contribution in [0.15, 0.2) is 42.6 Å². The number of nitrogens with zero attached hydrogens (tertiary/aromatic N) is 1. The molecule has 0 aliphatic carbocycles. The van der Waals surface area contributed by atoms with E-state index < -0.39 is 7.81 Å². The van der Waals surface area contributed by atoms with Crippen molar-refractivity contribution in [3.8, 4) is 0 Å². The van der Waals surface area contributed by atoms with E-state index in [4.69, 9.17) is 0 Å². The predicted molar refractivity (Wildman–Crippen MR) is 63.4 cm³/mol. The van der Waals surface area contributed by atoms with Crippen molar-refractivity contribution in [1.29, 1.82) is 0 Å². The molecule has 0 saturated heterocycles. The van der Waals surface area contributed by atoms with Gasteiger partial charge in [-0.15, -0.1) is 0 Å². The van der Waals surface area contributed by atoms with Crippen molar-refractivity contribution < 1.29 is 29.7 Å². The first-order chi connectivity index (χ1) is 8.36. The second kappa shape index (κ2) is 4.34. The van der Waals surface area contributed by atoms with E-state index in [2.05, 4.69) is 54.1 Å². The number of para-hydroxylation sites is 1. The number of fused-ring (bicyclic) bond motifs is 1. The fraction of sp³-hybridized carbons (Fsp3) is 0.182. The third-order valence-electron chi connectivity index (χ3n) is 2.13. The van der Waals surface area contributed by atoms with E-state index in [1.807, 2.05) is 0 Å². The molecule has 1 aromatic carbocycles. The summed E-state index contributed by atoms with van der Waals surface area (Å²) < 4.78 is 61.4. The van der Waals surface area contributed by atoms with Crippen LogP contribution in [0.4, 0.5) is 25.2 Å². The Morgan fingerprint density at radius 3 is 1.89 bits per heavy atom. The molecule has 19 heavy (non-hydrogen) atoms. The zero-order valence-electron chi connectivity index (χ0n) is 9.91. The molecule has 0 radical (unpaired) electrons. The van der Waals surface area contributed by atoms with E-state index in [1.165, 1.54) is 10.9 Å². The fourth-order valence-electron chi connectivity index (χ4n) is 1.50. The predicted octanol–water partition coefficient (Wildman–Crippen LogP) is 5.53. The number of hydrogen-bond acceptors (Lipinski definition) is 0. The van der Waals surface area contributed by atoms with Gasteiger partial charge in [-0.25, -0.2) is 0 Å². The molecule has 0 fully saturated rings. The van der Waals surface area contributed by atoms with Crippen molar-refractivity contribution in [2.24, 2.45) is 0 Å². The Morgan fingerprint density at radius 1 is 0.895 bits per heavy atom. The number of pyridine rings is 1. The number of benzene rings is 1. The number of hydrogen-bond donors (Lipinski definition) is 0. The van der Waals surface area contributed by atoms with Crippen LogP contribution in [0.5, 0.6) is 0 Å². The molecule has 0 aliphatic rings. The molecule has 0 bridgehead atoms. The van der Waals surface area contributed by atoms with E-state index in [0.717, 1.165) is 6.54 Å². The molecule has 0 spiro atoms. The molecule has 0 amide bonds. The number of halogens is 6. The molecule has 108 valence electrons. The maximum atomic E-state index is 9.87. The van der Waals surface area contributed by atoms with Gasteiger partial charge in [0.25, 0.3) is 0 Å². The molecule has 1 aromatic heterocycles. The summed E-state index contributed by atoms with van der Waals surface area (Å²) in [6.07, 6.45) is 2.11. The molecule has 2 aromatic rings. The van der Waals surface area contributed by atoms with Gasteiger partial charge in [0.1, 0.15) is 6.54 Å². The van der Waals surface area contributed by atoms with Crippen LogP contribution in [0.25, 0.3) is 10.9 Å². The Balaban J connectivity index is 0.000000224. The van der Waals surface area contributed by atoms with Gasteiger partial charge in [-0.2, -0.15) is 4.57 Å². The fourth-order valence-corrected chi connectivity index (χ4v) is 1.50. The quantitative estimate of drug-likeness (QED) is 0.370. The molecular weight excluding hydrogens is 291 g/mol. The van der Waals surface area contributed by atoms with Gasteiger partial charge in [0, 0.05) is 17.5 Å². The van der Waals surface area contributed by atoms with Crippen molar-refractivity contribution in [1.82, 2.24) is 0 Å². The first-order valence-electron chi connectivity index (χ1n) is 5.30. The summed E-state index contributed by atoms with van der Waals surface area (Å²) in [4.78, 5) is 0. The van der Waals surface area contributed by atoms with E-state index >= 15 is 0 Å². The Morgan fingerprint density at radius 2 is 1.37 bits per heavy atom. The minimum atomic E-state index is -10.7. The molecule has 1 heterocycles. The Labute approximate surface area is 105 Å². The average Bonchev–Trinajstić information content (AvgIpc) is 2.24. The summed E-state index contributed by atoms with van der Waals surface area (Å²) in [7, 11) is -10.7. The van der Waals surface area contributed by atoms with Crippen molar-refractivity contribution >= 4 is 18.7 Å². The Bertz CT molecular complexity index is 561. The van der Waals surface area contributed by atoms with Crippen LogP contribution in [0.2, 0.25) is 0 Å². The first kappa shape index (κ1) is 15.7. The number of aryl methyl sites for hydroxylation is 1. The van der Waals surface area contributed by atoms with Crippen molar-refractivity contribution in [3.05, 3.63) is 42.6 Å². The molecule has 8 heteroatoms. The van der Waals surface area contributed by atoms with Gasteiger partial charge in [-0.3, -0.25) is 0 Å². The van der Waals surface area contributed by atoms with E-state index in [9.17, 15) is 25.2 Å². The average molecular weight is 303 g/mol. The van der Waals surface area contributed by atoms with Crippen molar-refractivity contribution in [3.63, 3.8) is 0 Å². The van der Waals surface area contributed by atoms with Gasteiger partial charge in [0.05, 0.1) is 0 Å². The second-order valence-electron chi connectivity index (χ2n) is 3.81. The van der Waals surface area contributed by atoms with Crippen molar-refractivity contribution in [2.75, 3.05) is 0 Å². The normalized spacial score (nSPS) is 15.1. The Kier molecular flexibility index (Phi) is 3.58. The minimum absolute atomic E-state index is 1.03. The van der Waals surface area contributed by atoms with Crippen LogP contribution in [0, 0.1) is 0 Å². The molecule has 0 saturated carbocycles. The molecule has 0 aliphatic heterocycles. The van der Waals surface area contributed by atoms with Gasteiger partial charge in [0.2, 0.25) is 5.52 Å². The van der Waals surface area contributed by atoms with Gasteiger partial charge in [-0.1, -0.05) is 12.1 Å². The van der Waals surface area contributed by atoms with Crippen LogP contribution in [0.1, 0.15) is 6.92 Å². The summed E-state index contributed by atoms with van der Waals surface area (Å²) >= 11 is 0. The second-order valence-corrected chi connectivity index (χ2v) is 5.73. The monoisotopic (exact) mass is 303 g/mol. The third kappa shape index (κ3) is 7.62. The molecule has 2 rings (SSSR count). The standard InChI is InChI=1S/C11H12N.F6P/c1-2-12-9-5-7-10-6-3-4-8-11(10)12;1-7(2,3,4,5)6/h3-9H,2H2,1H3;/q+1;-1. The van der Waals surface area contributed by atoms with Crippen LogP contribution >= 0.6 is 7.81 Å². The van der Waals surface area contributed by atoms with Crippen molar-refractivity contribution in [2.45, 2.75) is 13.5 Å². The van der Waals surface area contributed by atoms with E-state index in [-0.39, 0.29) is 0 Å². The van der Waals surface area contributed by atoms with Crippen LogP contribution < -0.4 is 4.57 Å². The van der Waals surface area contributed by atoms with Gasteiger partial charge >= 0.3 is 33.0 Å². The van der Waals surface area contributed by atoms with Crippen LogP contribution in [0.3, 0.4) is 0 Å². The SMILES string of the molecule is CC[n+]1cccc2ccccc21.F[P-](F)(F)(F)(F)F. The van der Waals surface area contributed by atoms with Gasteiger partial charge < -0.3 is 0 Å². The summed E-state index contributed by atoms with van der Waals surface area (Å²) in [5.41, 5.74) is 1.31. The first-order valence-corrected chi connectivity index (χ1v) is 7.33. The summed E-state index contributed by atoms with van der Waals surface area (Å²) in [6, 6.07) is 12.7. The summed E-state index contributed by atoms with van der Waals surface area (Å²) in [5.74, 6) is 0. The molecule has 1 nitrogen and oxygen atoms in total. The van der Waals surface area contributed by atoms with Crippen LogP contribution in [-0.2, 0) is 6.54 Å². The molecule has 0 N–H and O–H groups in total. The zero-order chi connectivity index (χ0) is 14.8. The van der Waals surface area contributed by atoms with E-state index in [1.54, 1.807) is 0 Å². The summed E-state index contributed by atoms with van der Waals surface area (Å²) in [5, 5.41) is 1.31. The summed E-state index contributed by atoms with van der Waals surface area (Å²) in [6.45, 7) is 3.19. The number of rotatable bonds is 1. The molecular formula is C11H12F6NP. The third-order valence-corrected chi connectivity index (χ3v) is 2.13. The molecule has 0 unspecified atom stereocenters. The number of aromatic nitrogens is 1. The van der Waals surface area contributed by atoms with Gasteiger partial charge in [0.15, 0.2) is 6.20 Å². The topological polar surface area (TPSA) is 3.88 Å². The zero-order valence-corrected chi connectivity index (χ0v) is 10.8. The molecule has 0 atom stereocenters. The van der Waals surface area contributed by atoms with E-state index in [0.29, 0.717) is 0 Å². The van der Waals surface area contributed by atoms with Crippen LogP contribution in [-0.4, -0.2) is 0 Å². The van der Waals surface area contributed by atoms with Gasteiger partial charge in [-0.05, 0) is 19.1 Å². The maximum absolute atomic E-state index is 10.7. The Hall–Kier alpha value is -1.36.